The van der Waals surface area contributed by atoms with Crippen molar-refractivity contribution in [3.63, 3.8) is 0 Å². The number of aromatic amines is 1. The number of anilines is 1. The van der Waals surface area contributed by atoms with Crippen LogP contribution in [0.15, 0.2) is 30.6 Å². The fourth-order valence-electron chi connectivity index (χ4n) is 3.94. The van der Waals surface area contributed by atoms with Gasteiger partial charge in [-0.1, -0.05) is 6.07 Å². The van der Waals surface area contributed by atoms with Crippen LogP contribution in [0.5, 0.6) is 0 Å². The van der Waals surface area contributed by atoms with Gasteiger partial charge in [-0.2, -0.15) is 0 Å². The summed E-state index contributed by atoms with van der Waals surface area (Å²) in [6.07, 6.45) is 1.78. The van der Waals surface area contributed by atoms with Crippen molar-refractivity contribution in [3.05, 3.63) is 36.3 Å². The molecule has 0 unspecified atom stereocenters. The van der Waals surface area contributed by atoms with Crippen molar-refractivity contribution in [2.45, 2.75) is 38.8 Å². The molecule has 0 saturated carbocycles. The maximum Gasteiger partial charge on any atom is 0.408 e. The van der Waals surface area contributed by atoms with Crippen LogP contribution < -0.4 is 10.1 Å². The van der Waals surface area contributed by atoms with Gasteiger partial charge in [0, 0.05) is 26.2 Å². The molecule has 0 fully saturated rings. The van der Waals surface area contributed by atoms with Gasteiger partial charge >= 0.3 is 6.09 Å². The van der Waals surface area contributed by atoms with Gasteiger partial charge in [-0.15, -0.1) is 0 Å². The van der Waals surface area contributed by atoms with Crippen molar-refractivity contribution >= 4 is 42.0 Å². The standard InChI is InChI=1S/C24H30BN7O3/c1-24(2,3)35-23(33)29-17(10-11-34-6)15-8-7-9-16(27-15)18-12-14-20-19(26-13-31(20)4)22(32(5)25)30-21(14)28-18/h7-9,12-13,17H,10-11H2,1-6H3,(H,28,30)(H,29,33)/t17-/m0/s1. The third kappa shape index (κ3) is 5.24. The number of nitrogens with one attached hydrogen (secondary N) is 2. The number of alkyl carbamates (subject to hydrolysis) is 1. The molecule has 4 heterocycles. The molecule has 10 nitrogen and oxygen atoms in total. The van der Waals surface area contributed by atoms with Crippen LogP contribution in [0.3, 0.4) is 0 Å². The Hall–Kier alpha value is -3.60. The van der Waals surface area contributed by atoms with E-state index in [1.807, 2.05) is 56.7 Å². The summed E-state index contributed by atoms with van der Waals surface area (Å²) < 4.78 is 12.6. The largest absolute Gasteiger partial charge is 0.444 e. The molecule has 0 aromatic carbocycles. The van der Waals surface area contributed by atoms with Crippen molar-refractivity contribution in [3.8, 4) is 11.4 Å². The number of amides is 1. The van der Waals surface area contributed by atoms with E-state index in [1.54, 1.807) is 20.5 Å². The van der Waals surface area contributed by atoms with Crippen LogP contribution >= 0.6 is 0 Å². The number of H-pyrrole nitrogens is 1. The van der Waals surface area contributed by atoms with Crippen LogP contribution in [0.25, 0.3) is 33.5 Å². The van der Waals surface area contributed by atoms with E-state index in [0.29, 0.717) is 35.9 Å². The second-order valence-electron chi connectivity index (χ2n) is 9.47. The smallest absolute Gasteiger partial charge is 0.408 e. The second-order valence-corrected chi connectivity index (χ2v) is 9.47. The molecule has 0 aliphatic rings. The van der Waals surface area contributed by atoms with Crippen molar-refractivity contribution in [2.75, 3.05) is 25.6 Å². The predicted molar refractivity (Wildman–Crippen MR) is 136 cm³/mol. The number of carbonyl (C=O) groups excluding carboxylic acids is 1. The first kappa shape index (κ1) is 24.5. The molecule has 1 amide bonds. The molecule has 0 aliphatic carbocycles. The highest BCUT2D eigenvalue weighted by atomic mass is 16.6. The number of nitrogens with zero attached hydrogens (tertiary/aromatic N) is 5. The number of pyridine rings is 2. The summed E-state index contributed by atoms with van der Waals surface area (Å²) in [5.74, 6) is 0.574. The zero-order valence-corrected chi connectivity index (χ0v) is 20.9. The van der Waals surface area contributed by atoms with Gasteiger partial charge in [-0.05, 0) is 52.4 Å². The van der Waals surface area contributed by atoms with Gasteiger partial charge in [-0.25, -0.2) is 19.7 Å². The number of rotatable bonds is 7. The summed E-state index contributed by atoms with van der Waals surface area (Å²) in [6.45, 7) is 5.93. The van der Waals surface area contributed by atoms with Gasteiger partial charge in [-0.3, -0.25) is 0 Å². The van der Waals surface area contributed by atoms with Gasteiger partial charge in [0.1, 0.15) is 22.6 Å². The number of hydrogen-bond donors (Lipinski definition) is 2. The molecule has 0 aliphatic heterocycles. The molecular formula is C24H30BN7O3. The Labute approximate surface area is 205 Å². The Morgan fingerprint density at radius 2 is 2.09 bits per heavy atom. The van der Waals surface area contributed by atoms with E-state index in [0.717, 1.165) is 22.1 Å². The first-order valence-corrected chi connectivity index (χ1v) is 11.4. The highest BCUT2D eigenvalue weighted by molar-refractivity contribution is 6.20. The quantitative estimate of drug-likeness (QED) is 0.393. The van der Waals surface area contributed by atoms with Gasteiger partial charge in [0.05, 0.1) is 35.0 Å². The van der Waals surface area contributed by atoms with Crippen LogP contribution in [-0.4, -0.2) is 64.9 Å². The number of fused-ring (bicyclic) bond motifs is 3. The predicted octanol–water partition coefficient (Wildman–Crippen LogP) is 3.63. The van der Waals surface area contributed by atoms with Crippen molar-refractivity contribution in [2.24, 2.45) is 7.05 Å². The number of aromatic nitrogens is 5. The van der Waals surface area contributed by atoms with Crippen LogP contribution in [-0.2, 0) is 16.5 Å². The SMILES string of the molecule is [B]N(C)c1nc2[nH]c(-c3cccc([C@H](CCOC)NC(=O)OC(C)(C)C)n3)cc2c2c1ncn2C. The van der Waals surface area contributed by atoms with E-state index in [-0.39, 0.29) is 6.04 Å². The van der Waals surface area contributed by atoms with E-state index < -0.39 is 11.7 Å². The van der Waals surface area contributed by atoms with Crippen LogP contribution in [0.2, 0.25) is 0 Å². The highest BCUT2D eigenvalue weighted by Crippen LogP contribution is 2.32. The number of hydrogen-bond acceptors (Lipinski definition) is 7. The Morgan fingerprint density at radius 1 is 1.31 bits per heavy atom. The molecule has 2 radical (unpaired) electrons. The monoisotopic (exact) mass is 475 g/mol. The first-order chi connectivity index (χ1) is 16.6. The lowest BCUT2D eigenvalue weighted by Crippen LogP contribution is -2.35. The van der Waals surface area contributed by atoms with Crippen molar-refractivity contribution < 1.29 is 14.3 Å². The van der Waals surface area contributed by atoms with E-state index in [2.05, 4.69) is 20.3 Å². The average Bonchev–Trinajstić information content (AvgIpc) is 3.38. The molecule has 182 valence electrons. The molecule has 0 saturated heterocycles. The Morgan fingerprint density at radius 3 is 2.77 bits per heavy atom. The van der Waals surface area contributed by atoms with Crippen LogP contribution in [0.1, 0.15) is 38.9 Å². The Kier molecular flexibility index (Phi) is 6.71. The third-order valence-electron chi connectivity index (χ3n) is 5.46. The molecule has 0 bridgehead atoms. The van der Waals surface area contributed by atoms with Gasteiger partial charge in [0.25, 0.3) is 0 Å². The molecule has 35 heavy (non-hydrogen) atoms. The van der Waals surface area contributed by atoms with Crippen LogP contribution in [0.4, 0.5) is 10.6 Å². The van der Waals surface area contributed by atoms with Crippen molar-refractivity contribution in [1.29, 1.82) is 0 Å². The third-order valence-corrected chi connectivity index (χ3v) is 5.46. The highest BCUT2D eigenvalue weighted by Gasteiger charge is 2.22. The molecule has 4 aromatic heterocycles. The minimum atomic E-state index is -0.601. The molecular weight excluding hydrogens is 445 g/mol. The minimum Gasteiger partial charge on any atom is -0.444 e. The molecule has 2 N–H and O–H groups in total. The van der Waals surface area contributed by atoms with Gasteiger partial charge in [0.2, 0.25) is 7.98 Å². The normalized spacial score (nSPS) is 12.7. The topological polar surface area (TPSA) is 110 Å². The maximum atomic E-state index is 12.5. The summed E-state index contributed by atoms with van der Waals surface area (Å²) in [4.78, 5) is 31.3. The van der Waals surface area contributed by atoms with E-state index in [1.165, 1.54) is 4.81 Å². The van der Waals surface area contributed by atoms with E-state index >= 15 is 0 Å². The molecule has 1 atom stereocenters. The first-order valence-electron chi connectivity index (χ1n) is 11.4. The molecule has 4 aromatic rings. The minimum absolute atomic E-state index is 0.381. The summed E-state index contributed by atoms with van der Waals surface area (Å²) in [5.41, 5.74) is 3.92. The van der Waals surface area contributed by atoms with Crippen LogP contribution in [0, 0.1) is 0 Å². The summed E-state index contributed by atoms with van der Waals surface area (Å²) in [5, 5.41) is 3.83. The van der Waals surface area contributed by atoms with Gasteiger partial charge in [0.15, 0.2) is 0 Å². The Balaban J connectivity index is 1.72. The zero-order chi connectivity index (χ0) is 25.3. The lowest BCUT2D eigenvalue weighted by atomic mass is 10.1. The van der Waals surface area contributed by atoms with Crippen molar-refractivity contribution in [1.82, 2.24) is 29.8 Å². The molecule has 4 rings (SSSR count). The number of carbonyl (C=O) groups is 1. The molecule has 11 heteroatoms. The fourth-order valence-corrected chi connectivity index (χ4v) is 3.94. The number of aryl methyl sites for hydroxylation is 1. The lowest BCUT2D eigenvalue weighted by Gasteiger charge is -2.23. The number of methoxy groups -OCH3 is 1. The van der Waals surface area contributed by atoms with E-state index in [9.17, 15) is 4.79 Å². The summed E-state index contributed by atoms with van der Waals surface area (Å²) in [7, 11) is 11.3. The Bertz CT molecular complexity index is 1360. The van der Waals surface area contributed by atoms with E-state index in [4.69, 9.17) is 22.4 Å². The zero-order valence-electron chi connectivity index (χ0n) is 20.9. The summed E-state index contributed by atoms with van der Waals surface area (Å²) in [6, 6.07) is 7.32. The molecule has 0 spiro atoms. The maximum absolute atomic E-state index is 12.5. The summed E-state index contributed by atoms with van der Waals surface area (Å²) >= 11 is 0. The number of ether oxygens (including phenoxy) is 2. The average molecular weight is 475 g/mol. The fraction of sp³-hybridized carbons (Fsp3) is 0.417. The second kappa shape index (κ2) is 9.57. The number of imidazole rings is 1. The van der Waals surface area contributed by atoms with Gasteiger partial charge < -0.3 is 29.2 Å². The lowest BCUT2D eigenvalue weighted by molar-refractivity contribution is 0.0491.